The lowest BCUT2D eigenvalue weighted by Gasteiger charge is -2.04. The molecular weight excluding hydrogens is 232 g/mol. The first kappa shape index (κ1) is 12.1. The molecule has 0 aliphatic heterocycles. The summed E-state index contributed by atoms with van der Waals surface area (Å²) in [4.78, 5) is 10.2. The minimum atomic E-state index is -0.399. The Morgan fingerprint density at radius 3 is 2.94 bits per heavy atom. The molecule has 0 saturated heterocycles. The molecule has 2 rings (SSSR count). The van der Waals surface area contributed by atoms with Gasteiger partial charge in [-0.2, -0.15) is 5.10 Å². The highest BCUT2D eigenvalue weighted by atomic mass is 16.6. The van der Waals surface area contributed by atoms with Gasteiger partial charge in [0.2, 0.25) is 0 Å². The van der Waals surface area contributed by atoms with Crippen molar-refractivity contribution >= 4 is 11.4 Å². The maximum absolute atomic E-state index is 10.6. The summed E-state index contributed by atoms with van der Waals surface area (Å²) in [5.41, 5.74) is 1.84. The minimum Gasteiger partial charge on any atom is -0.384 e. The molecule has 0 radical (unpaired) electrons. The van der Waals surface area contributed by atoms with Crippen LogP contribution in [0.15, 0.2) is 36.5 Å². The molecule has 0 saturated carbocycles. The van der Waals surface area contributed by atoms with Crippen molar-refractivity contribution in [1.29, 1.82) is 0 Å². The summed E-state index contributed by atoms with van der Waals surface area (Å²) in [6.45, 7) is 0.693. The molecule has 0 unspecified atom stereocenters. The van der Waals surface area contributed by atoms with Gasteiger partial charge >= 0.3 is 0 Å². The number of aromatic nitrogens is 2. The molecule has 94 valence electrons. The predicted molar refractivity (Wildman–Crippen MR) is 68.5 cm³/mol. The Hall–Kier alpha value is -2.37. The van der Waals surface area contributed by atoms with Crippen molar-refractivity contribution < 1.29 is 4.92 Å². The molecule has 0 amide bonds. The Kier molecular flexibility index (Phi) is 3.57. The third kappa shape index (κ3) is 3.07. The van der Waals surface area contributed by atoms with Crippen LogP contribution in [0, 0.1) is 10.1 Å². The van der Waals surface area contributed by atoms with E-state index < -0.39 is 4.92 Å². The first-order valence-corrected chi connectivity index (χ1v) is 5.62. The van der Waals surface area contributed by atoms with E-state index in [0.717, 1.165) is 17.8 Å². The summed E-state index contributed by atoms with van der Waals surface area (Å²) in [5.74, 6) is 0. The highest BCUT2D eigenvalue weighted by Gasteiger charge is 2.05. The van der Waals surface area contributed by atoms with Crippen LogP contribution >= 0.6 is 0 Å². The molecule has 6 nitrogen and oxygen atoms in total. The van der Waals surface area contributed by atoms with E-state index in [4.69, 9.17) is 0 Å². The Labute approximate surface area is 104 Å². The maximum Gasteiger partial charge on any atom is 0.271 e. The number of non-ortho nitro benzene ring substituents is 1. The number of hydrogen-bond donors (Lipinski definition) is 1. The van der Waals surface area contributed by atoms with E-state index in [1.54, 1.807) is 10.7 Å². The largest absolute Gasteiger partial charge is 0.384 e. The molecule has 18 heavy (non-hydrogen) atoms. The topological polar surface area (TPSA) is 73.0 Å². The van der Waals surface area contributed by atoms with Gasteiger partial charge in [-0.25, -0.2) is 0 Å². The number of nitro benzene ring substituents is 1. The number of rotatable bonds is 5. The fourth-order valence-corrected chi connectivity index (χ4v) is 1.66. The van der Waals surface area contributed by atoms with E-state index in [9.17, 15) is 10.1 Å². The summed E-state index contributed by atoms with van der Waals surface area (Å²) in [5, 5.41) is 18.0. The number of nitrogens with zero attached hydrogens (tertiary/aromatic N) is 3. The van der Waals surface area contributed by atoms with Gasteiger partial charge in [0, 0.05) is 44.0 Å². The maximum atomic E-state index is 10.6. The number of aryl methyl sites for hydroxylation is 1. The van der Waals surface area contributed by atoms with Crippen LogP contribution in [-0.2, 0) is 13.5 Å². The molecule has 0 aliphatic carbocycles. The van der Waals surface area contributed by atoms with E-state index in [1.807, 2.05) is 25.4 Å². The number of benzene rings is 1. The average Bonchev–Trinajstić information content (AvgIpc) is 2.75. The van der Waals surface area contributed by atoms with Crippen molar-refractivity contribution in [3.8, 4) is 0 Å². The van der Waals surface area contributed by atoms with E-state index in [-0.39, 0.29) is 5.69 Å². The fraction of sp³-hybridized carbons (Fsp3) is 0.250. The monoisotopic (exact) mass is 246 g/mol. The second kappa shape index (κ2) is 5.31. The first-order valence-electron chi connectivity index (χ1n) is 5.62. The molecule has 6 heteroatoms. The van der Waals surface area contributed by atoms with Crippen LogP contribution in [0.3, 0.4) is 0 Å². The zero-order valence-corrected chi connectivity index (χ0v) is 10.0. The smallest absolute Gasteiger partial charge is 0.271 e. The van der Waals surface area contributed by atoms with Crippen molar-refractivity contribution in [1.82, 2.24) is 9.78 Å². The zero-order valence-electron chi connectivity index (χ0n) is 10.0. The highest BCUT2D eigenvalue weighted by Crippen LogP contribution is 2.16. The minimum absolute atomic E-state index is 0.0952. The Morgan fingerprint density at radius 2 is 2.28 bits per heavy atom. The van der Waals surface area contributed by atoms with E-state index in [2.05, 4.69) is 10.4 Å². The lowest BCUT2D eigenvalue weighted by Crippen LogP contribution is -2.05. The summed E-state index contributed by atoms with van der Waals surface area (Å²) in [7, 11) is 1.87. The van der Waals surface area contributed by atoms with Gasteiger partial charge in [-0.3, -0.25) is 14.8 Å². The Bertz CT molecular complexity index is 551. The standard InChI is InChI=1S/C12H14N4O2/c1-15-8-6-10(14-15)5-7-13-11-3-2-4-12(9-11)16(17)18/h2-4,6,8-9,13H,5,7H2,1H3. The molecule has 1 aromatic carbocycles. The SMILES string of the molecule is Cn1ccc(CCNc2cccc([N+](=O)[O-])c2)n1. The molecule has 0 aliphatic rings. The lowest BCUT2D eigenvalue weighted by molar-refractivity contribution is -0.384. The van der Waals surface area contributed by atoms with Crippen LogP contribution in [0.25, 0.3) is 0 Å². The van der Waals surface area contributed by atoms with Crippen molar-refractivity contribution in [2.45, 2.75) is 6.42 Å². The molecule has 0 fully saturated rings. The van der Waals surface area contributed by atoms with E-state index in [1.165, 1.54) is 12.1 Å². The van der Waals surface area contributed by atoms with Crippen molar-refractivity contribution in [2.75, 3.05) is 11.9 Å². The fourth-order valence-electron chi connectivity index (χ4n) is 1.66. The second-order valence-electron chi connectivity index (χ2n) is 3.96. The molecule has 1 heterocycles. The predicted octanol–water partition coefficient (Wildman–Crippen LogP) is 1.98. The van der Waals surface area contributed by atoms with Crippen molar-refractivity contribution in [3.05, 3.63) is 52.3 Å². The van der Waals surface area contributed by atoms with Gasteiger partial charge in [0.05, 0.1) is 10.6 Å². The summed E-state index contributed by atoms with van der Waals surface area (Å²) < 4.78 is 1.75. The van der Waals surface area contributed by atoms with Gasteiger partial charge in [0.15, 0.2) is 0 Å². The number of nitro groups is 1. The van der Waals surface area contributed by atoms with Gasteiger partial charge < -0.3 is 5.32 Å². The van der Waals surface area contributed by atoms with Gasteiger partial charge in [0.1, 0.15) is 0 Å². The normalized spacial score (nSPS) is 10.3. The number of anilines is 1. The van der Waals surface area contributed by atoms with E-state index >= 15 is 0 Å². The third-order valence-electron chi connectivity index (χ3n) is 2.54. The number of hydrogen-bond acceptors (Lipinski definition) is 4. The van der Waals surface area contributed by atoms with Gasteiger partial charge in [-0.05, 0) is 12.1 Å². The van der Waals surface area contributed by atoms with Gasteiger partial charge in [-0.15, -0.1) is 0 Å². The average molecular weight is 246 g/mol. The van der Waals surface area contributed by atoms with Crippen LogP contribution in [0.1, 0.15) is 5.69 Å². The van der Waals surface area contributed by atoms with Crippen LogP contribution in [-0.4, -0.2) is 21.2 Å². The molecule has 1 N–H and O–H groups in total. The molecule has 2 aromatic rings. The van der Waals surface area contributed by atoms with E-state index in [0.29, 0.717) is 6.54 Å². The van der Waals surface area contributed by atoms with Crippen LogP contribution in [0.2, 0.25) is 0 Å². The summed E-state index contributed by atoms with van der Waals surface area (Å²) >= 11 is 0. The summed E-state index contributed by atoms with van der Waals surface area (Å²) in [6.07, 6.45) is 2.67. The second-order valence-corrected chi connectivity index (χ2v) is 3.96. The molecule has 0 bridgehead atoms. The van der Waals surface area contributed by atoms with Crippen LogP contribution in [0.5, 0.6) is 0 Å². The van der Waals surface area contributed by atoms with Crippen molar-refractivity contribution in [3.63, 3.8) is 0 Å². The van der Waals surface area contributed by atoms with Gasteiger partial charge in [-0.1, -0.05) is 6.07 Å². The highest BCUT2D eigenvalue weighted by molar-refractivity contribution is 5.50. The molecule has 0 atom stereocenters. The third-order valence-corrected chi connectivity index (χ3v) is 2.54. The summed E-state index contributed by atoms with van der Waals surface area (Å²) in [6, 6.07) is 8.43. The molecule has 0 spiro atoms. The molecule has 1 aromatic heterocycles. The number of nitrogens with one attached hydrogen (secondary N) is 1. The molecular formula is C12H14N4O2. The Balaban J connectivity index is 1.90. The first-order chi connectivity index (χ1) is 8.65. The quantitative estimate of drug-likeness (QED) is 0.646. The van der Waals surface area contributed by atoms with Crippen LogP contribution < -0.4 is 5.32 Å². The van der Waals surface area contributed by atoms with Crippen LogP contribution in [0.4, 0.5) is 11.4 Å². The zero-order chi connectivity index (χ0) is 13.0. The van der Waals surface area contributed by atoms with Gasteiger partial charge in [0.25, 0.3) is 5.69 Å². The Morgan fingerprint density at radius 1 is 1.44 bits per heavy atom. The van der Waals surface area contributed by atoms with Crippen molar-refractivity contribution in [2.24, 2.45) is 7.05 Å². The lowest BCUT2D eigenvalue weighted by atomic mass is 10.2.